The summed E-state index contributed by atoms with van der Waals surface area (Å²) in [5, 5.41) is 0. The van der Waals surface area contributed by atoms with Crippen LogP contribution in [0.2, 0.25) is 0 Å². The van der Waals surface area contributed by atoms with E-state index in [1.54, 1.807) is 0 Å². The zero-order valence-electron chi connectivity index (χ0n) is 17.0. The van der Waals surface area contributed by atoms with Crippen molar-refractivity contribution in [3.05, 3.63) is 60.4 Å². The smallest absolute Gasteiger partial charge is 0.242 e. The molecule has 6 heteroatoms. The summed E-state index contributed by atoms with van der Waals surface area (Å²) in [5.74, 6) is 1.06. The van der Waals surface area contributed by atoms with Gasteiger partial charge >= 0.3 is 0 Å². The van der Waals surface area contributed by atoms with Crippen molar-refractivity contribution >= 4 is 28.5 Å². The molecule has 0 saturated carbocycles. The van der Waals surface area contributed by atoms with E-state index in [0.29, 0.717) is 13.0 Å². The highest BCUT2D eigenvalue weighted by Crippen LogP contribution is 2.33. The minimum absolute atomic E-state index is 0.0285. The summed E-state index contributed by atoms with van der Waals surface area (Å²) in [5.41, 5.74) is 2.75. The maximum absolute atomic E-state index is 13.0. The van der Waals surface area contributed by atoms with Crippen molar-refractivity contribution in [2.24, 2.45) is 0 Å². The Balaban J connectivity index is 1.46. The second-order valence-corrected chi connectivity index (χ2v) is 8.23. The molecule has 5 rings (SSSR count). The lowest BCUT2D eigenvalue weighted by Gasteiger charge is -2.27. The molecule has 2 aliphatic rings. The van der Waals surface area contributed by atoms with Gasteiger partial charge in [0.05, 0.1) is 11.0 Å². The Morgan fingerprint density at radius 3 is 2.50 bits per heavy atom. The topological polar surface area (TPSA) is 58.4 Å². The highest BCUT2D eigenvalue weighted by atomic mass is 16.2. The quantitative estimate of drug-likeness (QED) is 0.670. The molecule has 0 bridgehead atoms. The molecule has 2 saturated heterocycles. The average molecular weight is 402 g/mol. The van der Waals surface area contributed by atoms with E-state index in [1.165, 1.54) is 6.42 Å². The predicted molar refractivity (Wildman–Crippen MR) is 116 cm³/mol. The minimum atomic E-state index is -0.0285. The molecule has 2 amide bonds. The number of likely N-dealkylation sites (tertiary alicyclic amines) is 1. The Morgan fingerprint density at radius 2 is 1.70 bits per heavy atom. The van der Waals surface area contributed by atoms with E-state index in [1.807, 2.05) is 69.0 Å². The summed E-state index contributed by atoms with van der Waals surface area (Å²) < 4.78 is 2.04. The normalized spacial score (nSPS) is 19.6. The van der Waals surface area contributed by atoms with Crippen molar-refractivity contribution in [3.8, 4) is 0 Å². The Morgan fingerprint density at radius 1 is 0.967 bits per heavy atom. The van der Waals surface area contributed by atoms with E-state index < -0.39 is 0 Å². The lowest BCUT2D eigenvalue weighted by molar-refractivity contribution is -0.132. The second kappa shape index (κ2) is 7.94. The standard InChI is InChI=1S/C24H26N4O2/c29-22-15-18(16-27(22)19-9-3-1-4-10-19)24-25-20-11-5-6-12-21(20)28(24)17-23(30)26-13-7-2-8-14-26/h1,3-6,9-12,18H,2,7-8,13-17H2. The van der Waals surface area contributed by atoms with Crippen molar-refractivity contribution in [2.75, 3.05) is 24.5 Å². The number of piperidine rings is 1. The lowest BCUT2D eigenvalue weighted by Crippen LogP contribution is -2.38. The third-order valence-electron chi connectivity index (χ3n) is 6.24. The van der Waals surface area contributed by atoms with Crippen LogP contribution < -0.4 is 4.90 Å². The fourth-order valence-electron chi connectivity index (χ4n) is 4.69. The molecule has 2 aliphatic heterocycles. The SMILES string of the molecule is O=C(Cn1c(C2CC(=O)N(c3ccccc3)C2)nc2ccccc21)N1CCCCC1. The molecular weight excluding hydrogens is 376 g/mol. The van der Waals surface area contributed by atoms with E-state index in [4.69, 9.17) is 4.98 Å². The monoisotopic (exact) mass is 402 g/mol. The van der Waals surface area contributed by atoms with Gasteiger partial charge in [0, 0.05) is 37.7 Å². The Hall–Kier alpha value is -3.15. The first kappa shape index (κ1) is 18.9. The summed E-state index contributed by atoms with van der Waals surface area (Å²) in [7, 11) is 0. The third kappa shape index (κ3) is 3.47. The Labute approximate surface area is 176 Å². The first-order chi connectivity index (χ1) is 14.7. The van der Waals surface area contributed by atoms with Gasteiger partial charge in [-0.25, -0.2) is 4.98 Å². The third-order valence-corrected chi connectivity index (χ3v) is 6.24. The van der Waals surface area contributed by atoms with Gasteiger partial charge in [0.25, 0.3) is 0 Å². The molecule has 3 aromatic rings. The Bertz CT molecular complexity index is 1070. The van der Waals surface area contributed by atoms with Gasteiger partial charge in [0.1, 0.15) is 12.4 Å². The van der Waals surface area contributed by atoms with Gasteiger partial charge in [-0.3, -0.25) is 9.59 Å². The van der Waals surface area contributed by atoms with Gasteiger partial charge in [0.15, 0.2) is 0 Å². The predicted octanol–water partition coefficient (Wildman–Crippen LogP) is 3.57. The molecule has 3 heterocycles. The Kier molecular flexibility index (Phi) is 4.99. The molecule has 0 aliphatic carbocycles. The molecule has 1 aromatic heterocycles. The highest BCUT2D eigenvalue weighted by molar-refractivity contribution is 5.96. The van der Waals surface area contributed by atoms with Crippen LogP contribution in [0.15, 0.2) is 54.6 Å². The van der Waals surface area contributed by atoms with Crippen molar-refractivity contribution in [3.63, 3.8) is 0 Å². The van der Waals surface area contributed by atoms with Crippen LogP contribution in [0, 0.1) is 0 Å². The summed E-state index contributed by atoms with van der Waals surface area (Å²) in [6.45, 7) is 2.55. The number of imidazole rings is 1. The maximum Gasteiger partial charge on any atom is 0.242 e. The fraction of sp³-hybridized carbons (Fsp3) is 0.375. The van der Waals surface area contributed by atoms with E-state index >= 15 is 0 Å². The van der Waals surface area contributed by atoms with Crippen LogP contribution in [0.4, 0.5) is 5.69 Å². The number of carbonyl (C=O) groups is 2. The summed E-state index contributed by atoms with van der Waals surface area (Å²) in [4.78, 5) is 34.5. The van der Waals surface area contributed by atoms with Crippen molar-refractivity contribution in [2.45, 2.75) is 38.1 Å². The molecule has 154 valence electrons. The molecule has 6 nitrogen and oxygen atoms in total. The number of para-hydroxylation sites is 3. The minimum Gasteiger partial charge on any atom is -0.341 e. The first-order valence-corrected chi connectivity index (χ1v) is 10.8. The molecule has 2 aromatic carbocycles. The van der Waals surface area contributed by atoms with E-state index in [0.717, 1.165) is 48.5 Å². The van der Waals surface area contributed by atoms with Crippen LogP contribution in [-0.2, 0) is 16.1 Å². The van der Waals surface area contributed by atoms with Crippen LogP contribution in [0.5, 0.6) is 0 Å². The van der Waals surface area contributed by atoms with Crippen LogP contribution in [0.1, 0.15) is 37.4 Å². The molecule has 1 unspecified atom stereocenters. The molecular formula is C24H26N4O2. The zero-order chi connectivity index (χ0) is 20.5. The van der Waals surface area contributed by atoms with Gasteiger partial charge in [-0.2, -0.15) is 0 Å². The number of hydrogen-bond donors (Lipinski definition) is 0. The van der Waals surface area contributed by atoms with Gasteiger partial charge < -0.3 is 14.4 Å². The zero-order valence-corrected chi connectivity index (χ0v) is 17.0. The van der Waals surface area contributed by atoms with Gasteiger partial charge in [-0.05, 0) is 43.5 Å². The van der Waals surface area contributed by atoms with E-state index in [-0.39, 0.29) is 24.3 Å². The molecule has 30 heavy (non-hydrogen) atoms. The number of hydrogen-bond acceptors (Lipinski definition) is 3. The number of anilines is 1. The average Bonchev–Trinajstić information content (AvgIpc) is 3.35. The van der Waals surface area contributed by atoms with Gasteiger partial charge in [-0.1, -0.05) is 30.3 Å². The molecule has 0 N–H and O–H groups in total. The van der Waals surface area contributed by atoms with E-state index in [2.05, 4.69) is 0 Å². The molecule has 0 spiro atoms. The number of benzene rings is 2. The number of carbonyl (C=O) groups excluding carboxylic acids is 2. The summed E-state index contributed by atoms with van der Waals surface area (Å²) in [6.07, 6.45) is 3.76. The van der Waals surface area contributed by atoms with Crippen LogP contribution in [-0.4, -0.2) is 45.9 Å². The highest BCUT2D eigenvalue weighted by Gasteiger charge is 2.35. The molecule has 2 fully saturated rings. The number of fused-ring (bicyclic) bond motifs is 1. The van der Waals surface area contributed by atoms with Crippen molar-refractivity contribution in [1.29, 1.82) is 0 Å². The number of nitrogens with zero attached hydrogens (tertiary/aromatic N) is 4. The van der Waals surface area contributed by atoms with Crippen LogP contribution in [0.25, 0.3) is 11.0 Å². The van der Waals surface area contributed by atoms with E-state index in [9.17, 15) is 9.59 Å². The number of aromatic nitrogens is 2. The van der Waals surface area contributed by atoms with Crippen molar-refractivity contribution < 1.29 is 9.59 Å². The summed E-state index contributed by atoms with van der Waals surface area (Å²) >= 11 is 0. The summed E-state index contributed by atoms with van der Waals surface area (Å²) in [6, 6.07) is 17.7. The van der Waals surface area contributed by atoms with Gasteiger partial charge in [-0.15, -0.1) is 0 Å². The molecule has 1 atom stereocenters. The van der Waals surface area contributed by atoms with Crippen molar-refractivity contribution in [1.82, 2.24) is 14.5 Å². The number of rotatable bonds is 4. The fourth-order valence-corrected chi connectivity index (χ4v) is 4.69. The first-order valence-electron chi connectivity index (χ1n) is 10.8. The van der Waals surface area contributed by atoms with Gasteiger partial charge in [0.2, 0.25) is 11.8 Å². The lowest BCUT2D eigenvalue weighted by atomic mass is 10.1. The van der Waals surface area contributed by atoms with Crippen LogP contribution in [0.3, 0.4) is 0 Å². The molecule has 0 radical (unpaired) electrons. The maximum atomic E-state index is 13.0. The largest absolute Gasteiger partial charge is 0.341 e. The van der Waals surface area contributed by atoms with Crippen LogP contribution >= 0.6 is 0 Å². The second-order valence-electron chi connectivity index (χ2n) is 8.23. The number of amides is 2.